The molecule has 1 aliphatic heterocycles. The van der Waals surface area contributed by atoms with Gasteiger partial charge in [0.2, 0.25) is 5.88 Å². The highest BCUT2D eigenvalue weighted by atomic mass is 16.6. The van der Waals surface area contributed by atoms with Gasteiger partial charge in [-0.2, -0.15) is 0 Å². The molecule has 1 fully saturated rings. The molecule has 1 aliphatic carbocycles. The summed E-state index contributed by atoms with van der Waals surface area (Å²) in [5.74, 6) is 2.43. The molecule has 2 aromatic heterocycles. The number of carbonyl (C=O) groups excluding carboxylic acids is 1. The topological polar surface area (TPSA) is 91.2 Å². The molecule has 206 valence electrons. The lowest BCUT2D eigenvalue weighted by molar-refractivity contribution is 0.0377. The highest BCUT2D eigenvalue weighted by Crippen LogP contribution is 2.43. The minimum Gasteiger partial charge on any atom is -0.468 e. The van der Waals surface area contributed by atoms with E-state index in [9.17, 15) is 4.79 Å². The minimum absolute atomic E-state index is 0.202. The first-order chi connectivity index (χ1) is 19.1. The molecule has 1 amide bonds. The Kier molecular flexibility index (Phi) is 6.36. The van der Waals surface area contributed by atoms with Crippen molar-refractivity contribution < 1.29 is 14.3 Å². The number of nitrogens with one attached hydrogen (secondary N) is 1. The average Bonchev–Trinajstić information content (AvgIpc) is 3.35. The summed E-state index contributed by atoms with van der Waals surface area (Å²) in [5, 5.41) is 11.9. The molecule has 1 N–H and O–H groups in total. The van der Waals surface area contributed by atoms with Gasteiger partial charge in [-0.15, -0.1) is 10.2 Å². The van der Waals surface area contributed by atoms with Crippen molar-refractivity contribution in [3.63, 3.8) is 0 Å². The zero-order valence-corrected chi connectivity index (χ0v) is 23.7. The van der Waals surface area contributed by atoms with Crippen molar-refractivity contribution in [1.29, 1.82) is 0 Å². The van der Waals surface area contributed by atoms with Crippen LogP contribution < -0.4 is 10.1 Å². The maximum Gasteiger partial charge on any atom is 0.408 e. The summed E-state index contributed by atoms with van der Waals surface area (Å²) in [6.07, 6.45) is 2.43. The Morgan fingerprint density at radius 3 is 2.38 bits per heavy atom. The molecule has 40 heavy (non-hydrogen) atoms. The molecular formula is C32H35N5O3. The van der Waals surface area contributed by atoms with Gasteiger partial charge in [0.05, 0.1) is 11.2 Å². The molecule has 1 saturated carbocycles. The maximum absolute atomic E-state index is 12.6. The first-order valence-corrected chi connectivity index (χ1v) is 13.9. The number of carbonyl (C=O) groups is 1. The predicted octanol–water partition coefficient (Wildman–Crippen LogP) is 6.92. The van der Waals surface area contributed by atoms with Crippen LogP contribution in [0.4, 0.5) is 4.79 Å². The predicted molar refractivity (Wildman–Crippen MR) is 153 cm³/mol. The molecule has 0 spiro atoms. The summed E-state index contributed by atoms with van der Waals surface area (Å²) in [7, 11) is 0. The molecule has 4 aromatic rings. The van der Waals surface area contributed by atoms with E-state index in [1.807, 2.05) is 39.0 Å². The number of benzene rings is 2. The fraction of sp³-hybridized carbons (Fsp3) is 0.375. The molecule has 0 saturated heterocycles. The zero-order chi connectivity index (χ0) is 28.1. The van der Waals surface area contributed by atoms with Crippen LogP contribution in [-0.2, 0) is 16.9 Å². The summed E-state index contributed by atoms with van der Waals surface area (Å²) < 4.78 is 13.7. The highest BCUT2D eigenvalue weighted by Gasteiger charge is 2.41. The lowest BCUT2D eigenvalue weighted by Gasteiger charge is -2.43. The van der Waals surface area contributed by atoms with Gasteiger partial charge in [-0.05, 0) is 57.2 Å². The van der Waals surface area contributed by atoms with E-state index in [-0.39, 0.29) is 12.0 Å². The smallest absolute Gasteiger partial charge is 0.408 e. The van der Waals surface area contributed by atoms with Crippen molar-refractivity contribution in [2.24, 2.45) is 0 Å². The maximum atomic E-state index is 12.6. The number of amides is 1. The van der Waals surface area contributed by atoms with Gasteiger partial charge in [-0.3, -0.25) is 4.57 Å². The van der Waals surface area contributed by atoms with Crippen LogP contribution in [0.1, 0.15) is 77.0 Å². The van der Waals surface area contributed by atoms with Crippen LogP contribution >= 0.6 is 0 Å². The molecule has 3 heterocycles. The van der Waals surface area contributed by atoms with Crippen LogP contribution in [0.3, 0.4) is 0 Å². The van der Waals surface area contributed by atoms with E-state index >= 15 is 0 Å². The van der Waals surface area contributed by atoms with E-state index in [0.29, 0.717) is 12.5 Å². The highest BCUT2D eigenvalue weighted by molar-refractivity contribution is 5.83. The van der Waals surface area contributed by atoms with E-state index in [0.717, 1.165) is 64.5 Å². The monoisotopic (exact) mass is 537 g/mol. The molecule has 0 unspecified atom stereocenters. The lowest BCUT2D eigenvalue weighted by Crippen LogP contribution is -2.52. The largest absolute Gasteiger partial charge is 0.468 e. The van der Waals surface area contributed by atoms with Gasteiger partial charge in [0.25, 0.3) is 0 Å². The third-order valence-electron chi connectivity index (χ3n) is 7.56. The number of aromatic nitrogens is 4. The molecular weight excluding hydrogens is 502 g/mol. The first-order valence-electron chi connectivity index (χ1n) is 13.9. The Morgan fingerprint density at radius 1 is 1.02 bits per heavy atom. The van der Waals surface area contributed by atoms with E-state index in [2.05, 4.69) is 76.4 Å². The van der Waals surface area contributed by atoms with E-state index in [1.165, 1.54) is 0 Å². The van der Waals surface area contributed by atoms with Gasteiger partial charge in [0.15, 0.2) is 12.4 Å². The second-order valence-electron chi connectivity index (χ2n) is 12.0. The first kappa shape index (κ1) is 26.0. The second-order valence-corrected chi connectivity index (χ2v) is 12.0. The quantitative estimate of drug-likeness (QED) is 0.297. The molecule has 0 bridgehead atoms. The van der Waals surface area contributed by atoms with Crippen LogP contribution in [0.5, 0.6) is 5.88 Å². The summed E-state index contributed by atoms with van der Waals surface area (Å²) in [6, 6.07) is 20.8. The van der Waals surface area contributed by atoms with E-state index in [1.54, 1.807) is 0 Å². The number of rotatable bonds is 5. The Hall–Kier alpha value is -4.20. The van der Waals surface area contributed by atoms with Gasteiger partial charge in [-0.25, -0.2) is 9.78 Å². The number of hydrogen-bond acceptors (Lipinski definition) is 6. The molecule has 0 atom stereocenters. The number of hydrogen-bond donors (Lipinski definition) is 1. The van der Waals surface area contributed by atoms with Crippen molar-refractivity contribution in [1.82, 2.24) is 25.1 Å². The van der Waals surface area contributed by atoms with Crippen molar-refractivity contribution in [3.8, 4) is 34.0 Å². The van der Waals surface area contributed by atoms with Gasteiger partial charge in [0, 0.05) is 17.0 Å². The van der Waals surface area contributed by atoms with Crippen molar-refractivity contribution in [3.05, 3.63) is 77.9 Å². The summed E-state index contributed by atoms with van der Waals surface area (Å²) in [5.41, 5.74) is 4.83. The Labute approximate surface area is 234 Å². The van der Waals surface area contributed by atoms with Crippen LogP contribution in [0.15, 0.2) is 60.7 Å². The Morgan fingerprint density at radius 2 is 1.75 bits per heavy atom. The SMILES string of the molecule is CC(C)c1nnc2n1-c1cc(-c3ccccc3)c(-c3ccc(C4(NC(=O)OC(C)(C)C)CCC4)cc3)nc1OC2. The van der Waals surface area contributed by atoms with E-state index in [4.69, 9.17) is 14.5 Å². The Bertz CT molecular complexity index is 1550. The minimum atomic E-state index is -0.545. The molecule has 2 aliphatic rings. The number of ether oxygens (including phenoxy) is 2. The fourth-order valence-electron chi connectivity index (χ4n) is 5.47. The number of nitrogens with zero attached hydrogens (tertiary/aromatic N) is 4. The third-order valence-corrected chi connectivity index (χ3v) is 7.56. The van der Waals surface area contributed by atoms with Gasteiger partial charge in [0.1, 0.15) is 17.1 Å². The summed E-state index contributed by atoms with van der Waals surface area (Å²) >= 11 is 0. The van der Waals surface area contributed by atoms with Crippen LogP contribution in [0, 0.1) is 0 Å². The van der Waals surface area contributed by atoms with Crippen LogP contribution in [0.2, 0.25) is 0 Å². The van der Waals surface area contributed by atoms with Gasteiger partial charge < -0.3 is 14.8 Å². The number of fused-ring (bicyclic) bond motifs is 3. The normalized spacial score (nSPS) is 15.4. The van der Waals surface area contributed by atoms with Crippen molar-refractivity contribution in [2.45, 2.75) is 77.5 Å². The standard InChI is InChI=1S/C32H35N5O3/c1-20(2)28-36-35-26-19-39-29-25(37(26)28)18-24(21-10-7-6-8-11-21)27(33-29)22-12-14-23(15-13-22)32(16-9-17-32)34-30(38)40-31(3,4)5/h6-8,10-15,18,20H,9,16-17,19H2,1-5H3,(H,34,38). The van der Waals surface area contributed by atoms with Gasteiger partial charge >= 0.3 is 6.09 Å². The van der Waals surface area contributed by atoms with Crippen LogP contribution in [-0.4, -0.2) is 31.4 Å². The molecule has 2 aromatic carbocycles. The van der Waals surface area contributed by atoms with Crippen molar-refractivity contribution >= 4 is 6.09 Å². The lowest BCUT2D eigenvalue weighted by atomic mass is 9.71. The third kappa shape index (κ3) is 4.72. The molecule has 8 nitrogen and oxygen atoms in total. The summed E-state index contributed by atoms with van der Waals surface area (Å²) in [4.78, 5) is 17.7. The number of pyridine rings is 1. The second kappa shape index (κ2) is 9.77. The number of alkyl carbamates (subject to hydrolysis) is 1. The molecule has 0 radical (unpaired) electrons. The average molecular weight is 538 g/mol. The zero-order valence-electron chi connectivity index (χ0n) is 23.7. The summed E-state index contributed by atoms with van der Waals surface area (Å²) in [6.45, 7) is 10.2. The van der Waals surface area contributed by atoms with Gasteiger partial charge in [-0.1, -0.05) is 68.4 Å². The van der Waals surface area contributed by atoms with Crippen LogP contribution in [0.25, 0.3) is 28.1 Å². The Balaban J connectivity index is 1.40. The molecule has 6 rings (SSSR count). The fourth-order valence-corrected chi connectivity index (χ4v) is 5.47. The molecule has 8 heteroatoms. The van der Waals surface area contributed by atoms with Crippen molar-refractivity contribution in [2.75, 3.05) is 0 Å². The van der Waals surface area contributed by atoms with E-state index < -0.39 is 11.1 Å².